The number of aryl methyl sites for hydroxylation is 1. The SMILES string of the molecule is COc1ccc(C(O)COS(=O)(=O)c2ccc(C)cc2)cn1. The Kier molecular flexibility index (Phi) is 5.12. The van der Waals surface area contributed by atoms with Gasteiger partial charge >= 0.3 is 0 Å². The number of aromatic nitrogens is 1. The van der Waals surface area contributed by atoms with Crippen molar-refractivity contribution in [2.45, 2.75) is 17.9 Å². The molecule has 22 heavy (non-hydrogen) atoms. The molecule has 118 valence electrons. The van der Waals surface area contributed by atoms with Crippen molar-refractivity contribution >= 4 is 10.1 Å². The summed E-state index contributed by atoms with van der Waals surface area (Å²) in [4.78, 5) is 4.00. The molecule has 0 amide bonds. The molecule has 7 heteroatoms. The Labute approximate surface area is 129 Å². The monoisotopic (exact) mass is 323 g/mol. The van der Waals surface area contributed by atoms with Crippen molar-refractivity contribution in [1.29, 1.82) is 0 Å². The third kappa shape index (κ3) is 4.03. The molecule has 0 fully saturated rings. The molecule has 0 aliphatic carbocycles. The molecule has 0 saturated heterocycles. The third-order valence-electron chi connectivity index (χ3n) is 3.04. The second-order valence-electron chi connectivity index (χ2n) is 4.70. The lowest BCUT2D eigenvalue weighted by Gasteiger charge is -2.12. The van der Waals surface area contributed by atoms with Gasteiger partial charge in [-0.2, -0.15) is 8.42 Å². The Balaban J connectivity index is 2.02. The highest BCUT2D eigenvalue weighted by Crippen LogP contribution is 2.18. The van der Waals surface area contributed by atoms with E-state index in [0.717, 1.165) is 5.56 Å². The van der Waals surface area contributed by atoms with Gasteiger partial charge in [-0.3, -0.25) is 4.18 Å². The fourth-order valence-electron chi connectivity index (χ4n) is 1.73. The first-order valence-corrected chi connectivity index (χ1v) is 7.97. The summed E-state index contributed by atoms with van der Waals surface area (Å²) in [6.45, 7) is 1.47. The van der Waals surface area contributed by atoms with E-state index in [-0.39, 0.29) is 11.5 Å². The molecule has 0 spiro atoms. The molecule has 1 aromatic heterocycles. The predicted octanol–water partition coefficient (Wildman–Crippen LogP) is 1.84. The molecular formula is C15H17NO5S. The summed E-state index contributed by atoms with van der Waals surface area (Å²) in [5.41, 5.74) is 1.39. The van der Waals surface area contributed by atoms with Gasteiger partial charge in [0.15, 0.2) is 0 Å². The van der Waals surface area contributed by atoms with E-state index < -0.39 is 16.2 Å². The molecule has 2 aromatic rings. The molecule has 1 N–H and O–H groups in total. The minimum Gasteiger partial charge on any atom is -0.481 e. The van der Waals surface area contributed by atoms with E-state index in [0.29, 0.717) is 11.4 Å². The van der Waals surface area contributed by atoms with Gasteiger partial charge in [0.25, 0.3) is 10.1 Å². The molecule has 1 aromatic carbocycles. The highest BCUT2D eigenvalue weighted by molar-refractivity contribution is 7.86. The maximum absolute atomic E-state index is 12.0. The van der Waals surface area contributed by atoms with Crippen molar-refractivity contribution in [3.05, 3.63) is 53.7 Å². The molecule has 2 rings (SSSR count). The molecule has 0 aliphatic heterocycles. The first-order chi connectivity index (χ1) is 10.4. The number of aliphatic hydroxyl groups excluding tert-OH is 1. The van der Waals surface area contributed by atoms with Crippen LogP contribution in [0.1, 0.15) is 17.2 Å². The normalized spacial score (nSPS) is 12.9. The van der Waals surface area contributed by atoms with E-state index >= 15 is 0 Å². The Hall–Kier alpha value is -1.96. The maximum atomic E-state index is 12.0. The predicted molar refractivity (Wildman–Crippen MR) is 80.1 cm³/mol. The quantitative estimate of drug-likeness (QED) is 0.816. The first-order valence-electron chi connectivity index (χ1n) is 6.56. The van der Waals surface area contributed by atoms with Crippen LogP contribution in [0.5, 0.6) is 5.88 Å². The average Bonchev–Trinajstić information content (AvgIpc) is 2.53. The van der Waals surface area contributed by atoms with Crippen LogP contribution in [0.3, 0.4) is 0 Å². The minimum absolute atomic E-state index is 0.0538. The highest BCUT2D eigenvalue weighted by Gasteiger charge is 2.18. The zero-order valence-electron chi connectivity index (χ0n) is 12.3. The molecule has 0 radical (unpaired) electrons. The zero-order valence-corrected chi connectivity index (χ0v) is 13.1. The fraction of sp³-hybridized carbons (Fsp3) is 0.267. The molecule has 0 aliphatic rings. The van der Waals surface area contributed by atoms with Crippen molar-refractivity contribution < 1.29 is 22.4 Å². The topological polar surface area (TPSA) is 85.7 Å². The van der Waals surface area contributed by atoms with Crippen LogP contribution < -0.4 is 4.74 Å². The Bertz CT molecular complexity index is 711. The van der Waals surface area contributed by atoms with Crippen LogP contribution in [0.25, 0.3) is 0 Å². The largest absolute Gasteiger partial charge is 0.481 e. The summed E-state index contributed by atoms with van der Waals surface area (Å²) in [7, 11) is -2.42. The molecule has 0 bridgehead atoms. The number of aliphatic hydroxyl groups is 1. The number of nitrogens with zero attached hydrogens (tertiary/aromatic N) is 1. The molecule has 6 nitrogen and oxygen atoms in total. The third-order valence-corrected chi connectivity index (χ3v) is 4.34. The van der Waals surface area contributed by atoms with Gasteiger partial charge in [-0.05, 0) is 25.1 Å². The molecule has 1 atom stereocenters. The van der Waals surface area contributed by atoms with Crippen LogP contribution in [0.15, 0.2) is 47.5 Å². The Morgan fingerprint density at radius 2 is 1.86 bits per heavy atom. The van der Waals surface area contributed by atoms with Gasteiger partial charge < -0.3 is 9.84 Å². The van der Waals surface area contributed by atoms with Crippen molar-refractivity contribution in [3.63, 3.8) is 0 Å². The lowest BCUT2D eigenvalue weighted by molar-refractivity contribution is 0.111. The van der Waals surface area contributed by atoms with E-state index in [1.807, 2.05) is 6.92 Å². The van der Waals surface area contributed by atoms with E-state index in [4.69, 9.17) is 8.92 Å². The molecule has 1 heterocycles. The van der Waals surface area contributed by atoms with Crippen LogP contribution in [-0.2, 0) is 14.3 Å². The molecule has 1 unspecified atom stereocenters. The maximum Gasteiger partial charge on any atom is 0.297 e. The second kappa shape index (κ2) is 6.87. The van der Waals surface area contributed by atoms with Crippen molar-refractivity contribution in [3.8, 4) is 5.88 Å². The number of hydrogen-bond acceptors (Lipinski definition) is 6. The average molecular weight is 323 g/mol. The summed E-state index contributed by atoms with van der Waals surface area (Å²) < 4.78 is 33.8. The smallest absolute Gasteiger partial charge is 0.297 e. The van der Waals surface area contributed by atoms with Gasteiger partial charge in [0.05, 0.1) is 18.6 Å². The Morgan fingerprint density at radius 3 is 2.41 bits per heavy atom. The first kappa shape index (κ1) is 16.4. The number of benzene rings is 1. The Morgan fingerprint density at radius 1 is 1.18 bits per heavy atom. The highest BCUT2D eigenvalue weighted by atomic mass is 32.2. The number of hydrogen-bond donors (Lipinski definition) is 1. The standard InChI is InChI=1S/C15H17NO5S/c1-11-3-6-13(7-4-11)22(18,19)21-10-14(17)12-5-8-15(20-2)16-9-12/h3-9,14,17H,10H2,1-2H3. The van der Waals surface area contributed by atoms with E-state index in [1.54, 1.807) is 24.3 Å². The molecular weight excluding hydrogens is 306 g/mol. The van der Waals surface area contributed by atoms with Gasteiger partial charge in [0, 0.05) is 17.8 Å². The van der Waals surface area contributed by atoms with Gasteiger partial charge in [0.2, 0.25) is 5.88 Å². The summed E-state index contributed by atoms with van der Waals surface area (Å²) >= 11 is 0. The van der Waals surface area contributed by atoms with Crippen molar-refractivity contribution in [2.24, 2.45) is 0 Å². The lowest BCUT2D eigenvalue weighted by atomic mass is 10.2. The summed E-state index contributed by atoms with van der Waals surface area (Å²) in [5.74, 6) is 0.407. The van der Waals surface area contributed by atoms with Gasteiger partial charge in [0.1, 0.15) is 6.10 Å². The van der Waals surface area contributed by atoms with Gasteiger partial charge in [-0.1, -0.05) is 17.7 Å². The summed E-state index contributed by atoms with van der Waals surface area (Å²) in [6, 6.07) is 9.46. The lowest BCUT2D eigenvalue weighted by Crippen LogP contribution is -2.13. The van der Waals surface area contributed by atoms with E-state index in [9.17, 15) is 13.5 Å². The van der Waals surface area contributed by atoms with E-state index in [1.165, 1.54) is 25.4 Å². The van der Waals surface area contributed by atoms with Crippen LogP contribution in [-0.4, -0.2) is 32.2 Å². The fourth-order valence-corrected chi connectivity index (χ4v) is 2.65. The van der Waals surface area contributed by atoms with Crippen LogP contribution in [0.2, 0.25) is 0 Å². The molecule has 0 saturated carbocycles. The number of rotatable bonds is 6. The minimum atomic E-state index is -3.90. The van der Waals surface area contributed by atoms with E-state index in [2.05, 4.69) is 4.98 Å². The number of methoxy groups -OCH3 is 1. The van der Waals surface area contributed by atoms with Crippen LogP contribution in [0.4, 0.5) is 0 Å². The van der Waals surface area contributed by atoms with Gasteiger partial charge in [-0.25, -0.2) is 4.98 Å². The summed E-state index contributed by atoms with van der Waals surface area (Å²) in [6.07, 6.45) is 0.310. The number of pyridine rings is 1. The zero-order chi connectivity index (χ0) is 16.2. The van der Waals surface area contributed by atoms with Gasteiger partial charge in [-0.15, -0.1) is 0 Å². The summed E-state index contributed by atoms with van der Waals surface area (Å²) in [5, 5.41) is 9.97. The van der Waals surface area contributed by atoms with Crippen molar-refractivity contribution in [2.75, 3.05) is 13.7 Å². The van der Waals surface area contributed by atoms with Crippen LogP contribution >= 0.6 is 0 Å². The second-order valence-corrected chi connectivity index (χ2v) is 6.32. The van der Waals surface area contributed by atoms with Crippen LogP contribution in [0, 0.1) is 6.92 Å². The van der Waals surface area contributed by atoms with Crippen molar-refractivity contribution in [1.82, 2.24) is 4.98 Å². The number of ether oxygens (including phenoxy) is 1.